The number of allylic oxidation sites excluding steroid dienone is 4. The second-order valence-electron chi connectivity index (χ2n) is 10.7. The molecule has 0 spiro atoms. The minimum atomic E-state index is 0. The Balaban J connectivity index is 0.000000200. The third-order valence-corrected chi connectivity index (χ3v) is 7.67. The van der Waals surface area contributed by atoms with Crippen LogP contribution in [0, 0.1) is 23.5 Å². The molecule has 1 atom stereocenters. The van der Waals surface area contributed by atoms with Gasteiger partial charge in [-0.25, -0.2) is 5.57 Å². The molecule has 0 saturated heterocycles. The van der Waals surface area contributed by atoms with Gasteiger partial charge in [0.25, 0.3) is 0 Å². The van der Waals surface area contributed by atoms with Crippen LogP contribution < -0.4 is 24.8 Å². The Morgan fingerprint density at radius 2 is 1.54 bits per heavy atom. The maximum absolute atomic E-state index is 3.48. The van der Waals surface area contributed by atoms with E-state index in [4.69, 9.17) is 0 Å². The van der Waals surface area contributed by atoms with Crippen molar-refractivity contribution in [2.75, 3.05) is 0 Å². The number of fused-ring (bicyclic) bond motifs is 4. The van der Waals surface area contributed by atoms with Crippen LogP contribution in [0.25, 0.3) is 21.9 Å². The maximum Gasteiger partial charge on any atom is -0.0253 e. The number of benzene rings is 4. The average Bonchev–Trinajstić information content (AvgIpc) is 3.49. The van der Waals surface area contributed by atoms with Crippen molar-refractivity contribution in [2.24, 2.45) is 11.3 Å². The second kappa shape index (κ2) is 15.1. The van der Waals surface area contributed by atoms with Crippen molar-refractivity contribution < 1.29 is 49.0 Å². The Kier molecular flexibility index (Phi) is 12.8. The molecule has 0 saturated carbocycles. The van der Waals surface area contributed by atoms with Crippen LogP contribution in [-0.2, 0) is 30.7 Å². The molecule has 2 aliphatic carbocycles. The molecule has 0 fully saturated rings. The largest absolute Gasteiger partial charge is 0.179 e. The van der Waals surface area contributed by atoms with E-state index in [1.165, 1.54) is 74.0 Å². The van der Waals surface area contributed by atoms with Crippen LogP contribution in [-0.4, -0.2) is 3.71 Å². The summed E-state index contributed by atoms with van der Waals surface area (Å²) >= 11 is 1.46. The van der Waals surface area contributed by atoms with E-state index in [9.17, 15) is 0 Å². The van der Waals surface area contributed by atoms with Crippen molar-refractivity contribution in [1.29, 1.82) is 0 Å². The fourth-order valence-corrected chi connectivity index (χ4v) is 5.73. The number of hydrogen-bond acceptors (Lipinski definition) is 0. The fourth-order valence-electron chi connectivity index (χ4n) is 5.11. The first-order valence-electron chi connectivity index (χ1n) is 13.2. The molecule has 0 N–H and O–H groups in total. The minimum absolute atomic E-state index is 0. The summed E-state index contributed by atoms with van der Waals surface area (Å²) in [6.45, 7) is 11.2. The SMILES string of the molecule is CCC1=[C-]C(C)C=C1C(C)(C)C.[Cl-].[Cl-].[Zr+2]=[CH]c1cccc2ccccc12.[c-]1cccc2c1Cc1ccccc1-2. The smallest absolute Gasteiger partial charge is 0.0253 e. The average molecular weight is 631 g/mol. The predicted octanol–water partition coefficient (Wildman–Crippen LogP) is 3.35. The first-order valence-corrected chi connectivity index (χ1v) is 14.6. The topological polar surface area (TPSA) is 0 Å². The summed E-state index contributed by atoms with van der Waals surface area (Å²) in [5.74, 6) is 0.522. The summed E-state index contributed by atoms with van der Waals surface area (Å²) in [7, 11) is 0. The van der Waals surface area contributed by atoms with Crippen molar-refractivity contribution >= 4 is 14.5 Å². The minimum Gasteiger partial charge on any atom is -0.179 e. The molecule has 1 unspecified atom stereocenters. The maximum atomic E-state index is 3.48. The van der Waals surface area contributed by atoms with Crippen molar-refractivity contribution in [3.05, 3.63) is 131 Å². The third-order valence-electron chi connectivity index (χ3n) is 6.90. The Hall–Kier alpha value is -2.05. The fraction of sp³-hybridized carbons (Fsp3) is 0.250. The zero-order valence-corrected chi connectivity index (χ0v) is 27.5. The first kappa shape index (κ1) is 33.2. The van der Waals surface area contributed by atoms with Gasteiger partial charge in [0.05, 0.1) is 0 Å². The van der Waals surface area contributed by atoms with Gasteiger partial charge in [-0.3, -0.25) is 6.08 Å². The molecule has 6 rings (SSSR count). The van der Waals surface area contributed by atoms with Gasteiger partial charge in [-0.2, -0.15) is 41.5 Å². The van der Waals surface area contributed by atoms with Crippen molar-refractivity contribution in [3.8, 4) is 11.1 Å². The Morgan fingerprint density at radius 1 is 0.872 bits per heavy atom. The van der Waals surface area contributed by atoms with Crippen LogP contribution >= 0.6 is 0 Å². The summed E-state index contributed by atoms with van der Waals surface area (Å²) in [6.07, 6.45) is 8.00. The molecule has 0 bridgehead atoms. The van der Waals surface area contributed by atoms with Crippen molar-refractivity contribution in [3.63, 3.8) is 0 Å². The number of hydrogen-bond donors (Lipinski definition) is 0. The predicted molar refractivity (Wildman–Crippen MR) is 156 cm³/mol. The molecule has 4 aromatic rings. The molecule has 0 amide bonds. The van der Waals surface area contributed by atoms with Crippen LogP contribution in [0.2, 0.25) is 0 Å². The zero-order valence-electron chi connectivity index (χ0n) is 23.5. The van der Waals surface area contributed by atoms with Gasteiger partial charge in [0.2, 0.25) is 0 Å². The van der Waals surface area contributed by atoms with Gasteiger partial charge in [0, 0.05) is 0 Å². The second-order valence-corrected chi connectivity index (χ2v) is 11.4. The molecule has 0 aromatic heterocycles. The third kappa shape index (κ3) is 8.23. The van der Waals surface area contributed by atoms with E-state index in [-0.39, 0.29) is 24.8 Å². The molecule has 0 aliphatic heterocycles. The van der Waals surface area contributed by atoms with E-state index in [0.29, 0.717) is 11.3 Å². The van der Waals surface area contributed by atoms with Gasteiger partial charge >= 0.3 is 86.7 Å². The van der Waals surface area contributed by atoms with Gasteiger partial charge < -0.3 is 24.8 Å². The van der Waals surface area contributed by atoms with Crippen molar-refractivity contribution in [2.45, 2.75) is 47.5 Å². The number of halogens is 2. The van der Waals surface area contributed by atoms with Gasteiger partial charge in [-0.05, 0) is 6.42 Å². The molecule has 3 heteroatoms. The molecular weight excluding hydrogens is 595 g/mol. The molecule has 0 heterocycles. The molecule has 0 nitrogen and oxygen atoms in total. The van der Waals surface area contributed by atoms with Gasteiger partial charge in [0.15, 0.2) is 0 Å². The quantitative estimate of drug-likeness (QED) is 0.263. The van der Waals surface area contributed by atoms with E-state index < -0.39 is 0 Å². The zero-order chi connectivity index (χ0) is 26.4. The summed E-state index contributed by atoms with van der Waals surface area (Å²) in [5, 5.41) is 2.69. The molecule has 4 aromatic carbocycles. The molecule has 39 heavy (non-hydrogen) atoms. The van der Waals surface area contributed by atoms with Crippen LogP contribution in [0.4, 0.5) is 0 Å². The molecule has 200 valence electrons. The van der Waals surface area contributed by atoms with Gasteiger partial charge in [-0.15, -0.1) is 5.56 Å². The Morgan fingerprint density at radius 3 is 2.23 bits per heavy atom. The van der Waals surface area contributed by atoms with E-state index in [0.717, 1.165) is 12.8 Å². The standard InChI is InChI=1S/C13H9.C12H19.C11H8.2ClH.Zr/c1-3-7-12-10(5-1)9-11-6-2-4-8-13(11)12;1-6-10-7-9(2)8-11(10)12(3,4)5;1-9-5-4-7-10-6-2-3-8-11(9)10;;;/h1-5,7-8H,9H2;8-9H,6H2,1-5H3;1-8H;2*1H;/q2*-1;;;;+2/p-2. The Bertz CT molecular complexity index is 1410. The summed E-state index contributed by atoms with van der Waals surface area (Å²) in [4.78, 5) is 0. The van der Waals surface area contributed by atoms with E-state index >= 15 is 0 Å². The van der Waals surface area contributed by atoms with Gasteiger partial charge in [-0.1, -0.05) is 87.8 Å². The van der Waals surface area contributed by atoms with Crippen LogP contribution in [0.3, 0.4) is 0 Å². The van der Waals surface area contributed by atoms with E-state index in [1.54, 1.807) is 0 Å². The summed E-state index contributed by atoms with van der Waals surface area (Å²) in [6, 6.07) is 33.0. The van der Waals surface area contributed by atoms with Gasteiger partial charge in [0.1, 0.15) is 0 Å². The molecular formula is C36H36Cl2Zr-2. The number of rotatable bonds is 2. The molecule has 2 aliphatic rings. The monoisotopic (exact) mass is 628 g/mol. The van der Waals surface area contributed by atoms with Crippen molar-refractivity contribution in [1.82, 2.24) is 0 Å². The summed E-state index contributed by atoms with van der Waals surface area (Å²) in [5.41, 5.74) is 10.1. The first-order chi connectivity index (χ1) is 17.8. The van der Waals surface area contributed by atoms with Crippen LogP contribution in [0.5, 0.6) is 0 Å². The summed E-state index contributed by atoms with van der Waals surface area (Å²) < 4.78 is 2.23. The van der Waals surface area contributed by atoms with E-state index in [2.05, 4.69) is 135 Å². The molecule has 0 radical (unpaired) electrons. The Labute approximate surface area is 262 Å². The van der Waals surface area contributed by atoms with E-state index in [1.807, 2.05) is 6.07 Å². The normalized spacial score (nSPS) is 14.6. The van der Waals surface area contributed by atoms with Crippen LogP contribution in [0.1, 0.15) is 57.7 Å². The van der Waals surface area contributed by atoms with Crippen LogP contribution in [0.15, 0.2) is 102 Å².